The Kier molecular flexibility index (Phi) is 3.89. The van der Waals surface area contributed by atoms with Crippen molar-refractivity contribution in [1.82, 2.24) is 15.8 Å². The zero-order valence-corrected chi connectivity index (χ0v) is 11.8. The molecule has 2 N–H and O–H groups in total. The number of amides is 1. The molecule has 0 radical (unpaired) electrons. The molecule has 0 spiro atoms. The molecule has 1 aromatic rings. The molecule has 2 atom stereocenters. The minimum absolute atomic E-state index is 0.0655. The molecule has 2 aliphatic rings. The molecule has 0 aliphatic carbocycles. The number of para-hydroxylation sites is 1. The van der Waals surface area contributed by atoms with Crippen LogP contribution in [0, 0.1) is 5.92 Å². The van der Waals surface area contributed by atoms with Gasteiger partial charge in [0.2, 0.25) is 5.91 Å². The first-order valence-electron chi connectivity index (χ1n) is 7.18. The molecule has 108 valence electrons. The molecular formula is C15H21N3O2. The number of benzene rings is 1. The predicted octanol–water partition coefficient (Wildman–Crippen LogP) is 0.563. The Bertz CT molecular complexity index is 486. The first-order valence-corrected chi connectivity index (χ1v) is 7.18. The molecule has 5 nitrogen and oxygen atoms in total. The highest BCUT2D eigenvalue weighted by Gasteiger charge is 2.29. The minimum atomic E-state index is -0.0655. The minimum Gasteiger partial charge on any atom is -0.492 e. The van der Waals surface area contributed by atoms with Crippen molar-refractivity contribution in [3.05, 3.63) is 29.8 Å². The van der Waals surface area contributed by atoms with E-state index in [0.29, 0.717) is 12.6 Å². The van der Waals surface area contributed by atoms with Crippen LogP contribution >= 0.6 is 0 Å². The van der Waals surface area contributed by atoms with Crippen molar-refractivity contribution in [2.24, 2.45) is 5.92 Å². The van der Waals surface area contributed by atoms with E-state index >= 15 is 0 Å². The van der Waals surface area contributed by atoms with Crippen molar-refractivity contribution < 1.29 is 9.53 Å². The summed E-state index contributed by atoms with van der Waals surface area (Å²) in [5.41, 5.74) is 7.41. The zero-order valence-electron chi connectivity index (χ0n) is 11.8. The summed E-state index contributed by atoms with van der Waals surface area (Å²) in [6.45, 7) is 2.19. The fourth-order valence-corrected chi connectivity index (χ4v) is 2.89. The number of hydrazine groups is 1. The van der Waals surface area contributed by atoms with Crippen molar-refractivity contribution in [2.45, 2.75) is 18.9 Å². The maximum atomic E-state index is 12.5. The normalized spacial score (nSPS) is 24.9. The lowest BCUT2D eigenvalue weighted by atomic mass is 9.95. The quantitative estimate of drug-likeness (QED) is 0.846. The maximum absolute atomic E-state index is 12.5. The van der Waals surface area contributed by atoms with Gasteiger partial charge in [-0.1, -0.05) is 18.2 Å². The molecule has 20 heavy (non-hydrogen) atoms. The van der Waals surface area contributed by atoms with E-state index < -0.39 is 0 Å². The highest BCUT2D eigenvalue weighted by Crippen LogP contribution is 2.27. The molecule has 1 saturated heterocycles. The molecule has 1 aromatic carbocycles. The topological polar surface area (TPSA) is 53.6 Å². The summed E-state index contributed by atoms with van der Waals surface area (Å²) in [6.07, 6.45) is 1.83. The van der Waals surface area contributed by atoms with Gasteiger partial charge in [0.15, 0.2) is 0 Å². The Labute approximate surface area is 119 Å². The van der Waals surface area contributed by atoms with E-state index in [4.69, 9.17) is 4.74 Å². The van der Waals surface area contributed by atoms with Gasteiger partial charge in [-0.05, 0) is 24.5 Å². The van der Waals surface area contributed by atoms with Crippen LogP contribution in [0.4, 0.5) is 0 Å². The number of carbonyl (C=O) groups is 1. The van der Waals surface area contributed by atoms with E-state index in [-0.39, 0.29) is 11.8 Å². The van der Waals surface area contributed by atoms with Crippen LogP contribution in [0.5, 0.6) is 5.75 Å². The van der Waals surface area contributed by atoms with Gasteiger partial charge in [-0.3, -0.25) is 15.6 Å². The van der Waals surface area contributed by atoms with Crippen molar-refractivity contribution >= 4 is 5.91 Å². The summed E-state index contributed by atoms with van der Waals surface area (Å²) < 4.78 is 5.70. The molecule has 0 bridgehead atoms. The largest absolute Gasteiger partial charge is 0.492 e. The molecule has 3 rings (SSSR count). The number of rotatable bonds is 3. The van der Waals surface area contributed by atoms with Crippen LogP contribution in [0.15, 0.2) is 24.3 Å². The summed E-state index contributed by atoms with van der Waals surface area (Å²) in [4.78, 5) is 14.3. The number of nitrogens with zero attached hydrogens (tertiary/aromatic N) is 1. The average Bonchev–Trinajstić information content (AvgIpc) is 2.99. The molecular weight excluding hydrogens is 254 g/mol. The number of carbonyl (C=O) groups excluding carboxylic acids is 1. The number of ether oxygens (including phenoxy) is 1. The first-order chi connectivity index (χ1) is 9.74. The third-order valence-electron chi connectivity index (χ3n) is 4.02. The number of likely N-dealkylation sites (N-methyl/N-ethyl adjacent to an activating group) is 1. The molecule has 1 fully saturated rings. The lowest BCUT2D eigenvalue weighted by Gasteiger charge is -2.29. The van der Waals surface area contributed by atoms with Crippen LogP contribution in [-0.2, 0) is 11.2 Å². The van der Waals surface area contributed by atoms with Gasteiger partial charge < -0.3 is 9.64 Å². The summed E-state index contributed by atoms with van der Waals surface area (Å²) in [5, 5.41) is 0. The van der Waals surface area contributed by atoms with Crippen LogP contribution in [0.25, 0.3) is 0 Å². The van der Waals surface area contributed by atoms with Gasteiger partial charge >= 0.3 is 0 Å². The van der Waals surface area contributed by atoms with Gasteiger partial charge in [-0.2, -0.15) is 0 Å². The maximum Gasteiger partial charge on any atom is 0.229 e. The number of nitrogens with one attached hydrogen (secondary N) is 2. The van der Waals surface area contributed by atoms with E-state index in [1.54, 1.807) is 0 Å². The van der Waals surface area contributed by atoms with Gasteiger partial charge in [0, 0.05) is 26.2 Å². The van der Waals surface area contributed by atoms with E-state index in [9.17, 15) is 4.79 Å². The van der Waals surface area contributed by atoms with Crippen LogP contribution in [0.1, 0.15) is 12.0 Å². The number of hydrogen-bond donors (Lipinski definition) is 2. The molecule has 2 aliphatic heterocycles. The standard InChI is InChI=1S/C15H21N3O2/c1-18(9-13-6-7-16-17-13)15(19)12-8-11-4-2-3-5-14(11)20-10-12/h2-5,12-13,16-17H,6-10H2,1H3. The SMILES string of the molecule is CN(CC1CCNN1)C(=O)C1COc2ccccc2C1. The Morgan fingerprint density at radius 1 is 1.45 bits per heavy atom. The Balaban J connectivity index is 1.60. The van der Waals surface area contributed by atoms with E-state index in [2.05, 4.69) is 10.9 Å². The molecule has 0 saturated carbocycles. The summed E-state index contributed by atoms with van der Waals surface area (Å²) in [7, 11) is 1.88. The smallest absolute Gasteiger partial charge is 0.229 e. The molecule has 5 heteroatoms. The van der Waals surface area contributed by atoms with Crippen LogP contribution in [0.2, 0.25) is 0 Å². The number of hydrogen-bond acceptors (Lipinski definition) is 4. The van der Waals surface area contributed by atoms with Gasteiger partial charge in [0.25, 0.3) is 0 Å². The van der Waals surface area contributed by atoms with Gasteiger partial charge in [-0.15, -0.1) is 0 Å². The van der Waals surface area contributed by atoms with Gasteiger partial charge in [0.1, 0.15) is 12.4 Å². The highest BCUT2D eigenvalue weighted by molar-refractivity contribution is 5.79. The van der Waals surface area contributed by atoms with Gasteiger partial charge in [0.05, 0.1) is 5.92 Å². The van der Waals surface area contributed by atoms with E-state index in [0.717, 1.165) is 37.2 Å². The van der Waals surface area contributed by atoms with Crippen molar-refractivity contribution in [3.8, 4) is 5.75 Å². The van der Waals surface area contributed by atoms with Crippen LogP contribution in [0.3, 0.4) is 0 Å². The second-order valence-electron chi connectivity index (χ2n) is 5.60. The summed E-state index contributed by atoms with van der Waals surface area (Å²) in [5.74, 6) is 1.03. The monoisotopic (exact) mass is 275 g/mol. The van der Waals surface area contributed by atoms with E-state index in [1.807, 2.05) is 36.2 Å². The van der Waals surface area contributed by atoms with Crippen LogP contribution in [-0.4, -0.2) is 43.6 Å². The van der Waals surface area contributed by atoms with E-state index in [1.165, 1.54) is 0 Å². The van der Waals surface area contributed by atoms with Crippen molar-refractivity contribution in [3.63, 3.8) is 0 Å². The third kappa shape index (κ3) is 2.78. The number of fused-ring (bicyclic) bond motifs is 1. The second-order valence-corrected chi connectivity index (χ2v) is 5.60. The fraction of sp³-hybridized carbons (Fsp3) is 0.533. The van der Waals surface area contributed by atoms with Gasteiger partial charge in [-0.25, -0.2) is 0 Å². The Hall–Kier alpha value is -1.59. The third-order valence-corrected chi connectivity index (χ3v) is 4.02. The predicted molar refractivity (Wildman–Crippen MR) is 76.3 cm³/mol. The molecule has 2 heterocycles. The molecule has 2 unspecified atom stereocenters. The summed E-state index contributed by atoms with van der Waals surface area (Å²) >= 11 is 0. The summed E-state index contributed by atoms with van der Waals surface area (Å²) in [6, 6.07) is 8.31. The van der Waals surface area contributed by atoms with Crippen molar-refractivity contribution in [2.75, 3.05) is 26.7 Å². The second kappa shape index (κ2) is 5.81. The fourth-order valence-electron chi connectivity index (χ4n) is 2.89. The highest BCUT2D eigenvalue weighted by atomic mass is 16.5. The average molecular weight is 275 g/mol. The Morgan fingerprint density at radius 2 is 2.30 bits per heavy atom. The lowest BCUT2D eigenvalue weighted by Crippen LogP contribution is -2.45. The van der Waals surface area contributed by atoms with Crippen molar-refractivity contribution in [1.29, 1.82) is 0 Å². The molecule has 1 amide bonds. The van der Waals surface area contributed by atoms with Crippen LogP contribution < -0.4 is 15.6 Å². The Morgan fingerprint density at radius 3 is 3.10 bits per heavy atom. The lowest BCUT2D eigenvalue weighted by molar-refractivity contribution is -0.135. The first kappa shape index (κ1) is 13.4. The zero-order chi connectivity index (χ0) is 13.9. The molecule has 0 aromatic heterocycles.